The summed E-state index contributed by atoms with van der Waals surface area (Å²) >= 11 is 0. The Morgan fingerprint density at radius 3 is 2.76 bits per heavy atom. The zero-order valence-electron chi connectivity index (χ0n) is 14.9. The number of urea groups is 1. The van der Waals surface area contributed by atoms with Gasteiger partial charge >= 0.3 is 6.03 Å². The van der Waals surface area contributed by atoms with E-state index in [9.17, 15) is 9.18 Å². The van der Waals surface area contributed by atoms with Crippen LogP contribution in [0.3, 0.4) is 0 Å². The van der Waals surface area contributed by atoms with E-state index in [0.29, 0.717) is 32.2 Å². The van der Waals surface area contributed by atoms with Crippen LogP contribution in [0.15, 0.2) is 24.3 Å². The molecule has 1 N–H and O–H groups in total. The number of ether oxygens (including phenoxy) is 1. The third kappa shape index (κ3) is 5.16. The molecule has 2 heterocycles. The van der Waals surface area contributed by atoms with Crippen molar-refractivity contribution >= 4 is 6.03 Å². The highest BCUT2D eigenvalue weighted by Gasteiger charge is 2.24. The van der Waals surface area contributed by atoms with Gasteiger partial charge in [0.05, 0.1) is 12.7 Å². The molecule has 2 saturated heterocycles. The first-order valence-corrected chi connectivity index (χ1v) is 9.22. The maximum Gasteiger partial charge on any atom is 0.317 e. The van der Waals surface area contributed by atoms with E-state index in [1.54, 1.807) is 6.07 Å². The molecule has 0 radical (unpaired) electrons. The quantitative estimate of drug-likeness (QED) is 0.908. The van der Waals surface area contributed by atoms with Gasteiger partial charge in [-0.15, -0.1) is 0 Å². The molecule has 1 aromatic rings. The van der Waals surface area contributed by atoms with Crippen molar-refractivity contribution in [1.29, 1.82) is 0 Å². The Labute approximate surface area is 149 Å². The zero-order chi connectivity index (χ0) is 17.6. The number of amides is 2. The predicted octanol–water partition coefficient (Wildman–Crippen LogP) is 2.47. The summed E-state index contributed by atoms with van der Waals surface area (Å²) in [6.45, 7) is 7.21. The smallest absolute Gasteiger partial charge is 0.317 e. The van der Waals surface area contributed by atoms with Crippen molar-refractivity contribution in [3.8, 4) is 0 Å². The summed E-state index contributed by atoms with van der Waals surface area (Å²) in [5.41, 5.74) is 0.760. The standard InChI is InChI=1S/C19H28FN3O2/c1-15-13-23(10-11-25-15)19(24)21-12-16-6-8-22(9-7-16)14-17-4-2-3-5-18(17)20/h2-5,15-16H,6-14H2,1H3,(H,21,24). The summed E-state index contributed by atoms with van der Waals surface area (Å²) in [5, 5.41) is 3.07. The second-order valence-electron chi connectivity index (χ2n) is 7.12. The summed E-state index contributed by atoms with van der Waals surface area (Å²) in [5.74, 6) is 0.371. The van der Waals surface area contributed by atoms with Crippen LogP contribution >= 0.6 is 0 Å². The lowest BCUT2D eigenvalue weighted by Crippen LogP contribution is -2.50. The monoisotopic (exact) mass is 349 g/mol. The molecule has 0 aliphatic carbocycles. The van der Waals surface area contributed by atoms with Gasteiger partial charge in [0.1, 0.15) is 5.82 Å². The summed E-state index contributed by atoms with van der Waals surface area (Å²) < 4.78 is 19.2. The van der Waals surface area contributed by atoms with Crippen LogP contribution in [0.25, 0.3) is 0 Å². The highest BCUT2D eigenvalue weighted by atomic mass is 19.1. The molecule has 138 valence electrons. The predicted molar refractivity (Wildman–Crippen MR) is 94.8 cm³/mol. The van der Waals surface area contributed by atoms with Crippen molar-refractivity contribution < 1.29 is 13.9 Å². The van der Waals surface area contributed by atoms with Gasteiger partial charge in [-0.25, -0.2) is 9.18 Å². The number of nitrogens with one attached hydrogen (secondary N) is 1. The zero-order valence-corrected chi connectivity index (χ0v) is 14.9. The van der Waals surface area contributed by atoms with Crippen LogP contribution in [0, 0.1) is 11.7 Å². The minimum absolute atomic E-state index is 0.0175. The van der Waals surface area contributed by atoms with Gasteiger partial charge in [-0.05, 0) is 44.8 Å². The Morgan fingerprint density at radius 1 is 1.28 bits per heavy atom. The summed E-state index contributed by atoms with van der Waals surface area (Å²) in [4.78, 5) is 16.4. The molecule has 0 bridgehead atoms. The van der Waals surface area contributed by atoms with E-state index >= 15 is 0 Å². The van der Waals surface area contributed by atoms with Crippen LogP contribution in [-0.2, 0) is 11.3 Å². The molecule has 2 aliphatic heterocycles. The van der Waals surface area contributed by atoms with Crippen LogP contribution in [0.5, 0.6) is 0 Å². The molecule has 5 nitrogen and oxygen atoms in total. The minimum Gasteiger partial charge on any atom is -0.375 e. The molecule has 2 amide bonds. The highest BCUT2D eigenvalue weighted by Crippen LogP contribution is 2.19. The van der Waals surface area contributed by atoms with Gasteiger partial charge in [0, 0.05) is 31.7 Å². The summed E-state index contributed by atoms with van der Waals surface area (Å²) in [6.07, 6.45) is 2.18. The number of carbonyl (C=O) groups excluding carboxylic acids is 1. The Morgan fingerprint density at radius 2 is 2.04 bits per heavy atom. The fraction of sp³-hybridized carbons (Fsp3) is 0.632. The van der Waals surface area contributed by atoms with Crippen LogP contribution < -0.4 is 5.32 Å². The first-order chi connectivity index (χ1) is 12.1. The van der Waals surface area contributed by atoms with Crippen molar-refractivity contribution in [2.45, 2.75) is 32.4 Å². The van der Waals surface area contributed by atoms with Gasteiger partial charge in [0.15, 0.2) is 0 Å². The number of nitrogens with zero attached hydrogens (tertiary/aromatic N) is 2. The van der Waals surface area contributed by atoms with Gasteiger partial charge in [-0.2, -0.15) is 0 Å². The van der Waals surface area contributed by atoms with Gasteiger partial charge in [0.25, 0.3) is 0 Å². The highest BCUT2D eigenvalue weighted by molar-refractivity contribution is 5.74. The molecule has 0 saturated carbocycles. The normalized spacial score (nSPS) is 22.8. The van der Waals surface area contributed by atoms with Crippen LogP contribution in [0.4, 0.5) is 9.18 Å². The molecule has 25 heavy (non-hydrogen) atoms. The Balaban J connectivity index is 1.38. The molecular weight excluding hydrogens is 321 g/mol. The van der Waals surface area contributed by atoms with E-state index in [4.69, 9.17) is 4.74 Å². The van der Waals surface area contributed by atoms with Crippen LogP contribution in [-0.4, -0.2) is 61.3 Å². The summed E-state index contributed by atoms with van der Waals surface area (Å²) in [6, 6.07) is 6.99. The Hall–Kier alpha value is -1.66. The number of halogens is 1. The summed E-state index contributed by atoms with van der Waals surface area (Å²) in [7, 11) is 0. The van der Waals surface area contributed by atoms with Crippen LogP contribution in [0.2, 0.25) is 0 Å². The molecule has 1 aromatic carbocycles. The van der Waals surface area contributed by atoms with E-state index in [1.807, 2.05) is 24.0 Å². The number of likely N-dealkylation sites (tertiary alicyclic amines) is 1. The number of morpholine rings is 1. The molecule has 3 rings (SSSR count). The second kappa shape index (κ2) is 8.63. The number of rotatable bonds is 4. The molecule has 1 atom stereocenters. The van der Waals surface area contributed by atoms with Gasteiger partial charge in [0.2, 0.25) is 0 Å². The molecular formula is C19H28FN3O2. The molecule has 0 spiro atoms. The van der Waals surface area contributed by atoms with Crippen molar-refractivity contribution in [2.75, 3.05) is 39.3 Å². The maximum absolute atomic E-state index is 13.7. The van der Waals surface area contributed by atoms with Gasteiger partial charge in [-0.3, -0.25) is 4.90 Å². The van der Waals surface area contributed by atoms with Gasteiger partial charge < -0.3 is 15.0 Å². The Kier molecular flexibility index (Phi) is 6.26. The fourth-order valence-electron chi connectivity index (χ4n) is 3.56. The largest absolute Gasteiger partial charge is 0.375 e. The number of carbonyl (C=O) groups is 1. The molecule has 0 aromatic heterocycles. The van der Waals surface area contributed by atoms with Gasteiger partial charge in [-0.1, -0.05) is 18.2 Å². The third-order valence-electron chi connectivity index (χ3n) is 5.13. The average molecular weight is 349 g/mol. The fourth-order valence-corrected chi connectivity index (χ4v) is 3.56. The number of piperidine rings is 1. The SMILES string of the molecule is CC1CN(C(=O)NCC2CCN(Cc3ccccc3F)CC2)CCO1. The Bertz CT molecular complexity index is 576. The first-order valence-electron chi connectivity index (χ1n) is 9.22. The maximum atomic E-state index is 13.7. The number of hydrogen-bond donors (Lipinski definition) is 1. The number of hydrogen-bond acceptors (Lipinski definition) is 3. The third-order valence-corrected chi connectivity index (χ3v) is 5.13. The van der Waals surface area contributed by atoms with Crippen molar-refractivity contribution in [3.05, 3.63) is 35.6 Å². The topological polar surface area (TPSA) is 44.8 Å². The average Bonchev–Trinajstić information content (AvgIpc) is 2.63. The lowest BCUT2D eigenvalue weighted by molar-refractivity contribution is -0.00367. The molecule has 6 heteroatoms. The lowest BCUT2D eigenvalue weighted by atomic mass is 9.96. The minimum atomic E-state index is -0.128. The lowest BCUT2D eigenvalue weighted by Gasteiger charge is -2.34. The van der Waals surface area contributed by atoms with Crippen molar-refractivity contribution in [1.82, 2.24) is 15.1 Å². The van der Waals surface area contributed by atoms with E-state index in [0.717, 1.165) is 38.0 Å². The van der Waals surface area contributed by atoms with Crippen LogP contribution in [0.1, 0.15) is 25.3 Å². The molecule has 1 unspecified atom stereocenters. The number of benzene rings is 1. The van der Waals surface area contributed by atoms with E-state index < -0.39 is 0 Å². The second-order valence-corrected chi connectivity index (χ2v) is 7.12. The van der Waals surface area contributed by atoms with E-state index in [-0.39, 0.29) is 18.0 Å². The first kappa shape index (κ1) is 18.1. The van der Waals surface area contributed by atoms with Crippen molar-refractivity contribution in [3.63, 3.8) is 0 Å². The van der Waals surface area contributed by atoms with Crippen molar-refractivity contribution in [2.24, 2.45) is 5.92 Å². The van der Waals surface area contributed by atoms with E-state index in [2.05, 4.69) is 10.2 Å². The molecule has 2 aliphatic rings. The van der Waals surface area contributed by atoms with E-state index in [1.165, 1.54) is 6.07 Å². The molecule has 2 fully saturated rings.